The number of halogens is 1. The molecule has 114 valence electrons. The summed E-state index contributed by atoms with van der Waals surface area (Å²) in [5.41, 5.74) is 0.539. The summed E-state index contributed by atoms with van der Waals surface area (Å²) in [5.74, 6) is 0.529. The Morgan fingerprint density at radius 1 is 1.36 bits per heavy atom. The van der Waals surface area contributed by atoms with Crippen LogP contribution in [0.25, 0.3) is 0 Å². The van der Waals surface area contributed by atoms with Crippen LogP contribution in [0.1, 0.15) is 12.5 Å². The topological polar surface area (TPSA) is 48.7 Å². The lowest BCUT2D eigenvalue weighted by Crippen LogP contribution is -2.44. The van der Waals surface area contributed by atoms with Gasteiger partial charge in [0.15, 0.2) is 10.9 Å². The van der Waals surface area contributed by atoms with Crippen molar-refractivity contribution in [3.63, 3.8) is 0 Å². The Balaban J connectivity index is 1.95. The minimum Gasteiger partial charge on any atom is -0.366 e. The smallest absolute Gasteiger partial charge is 0.175 e. The van der Waals surface area contributed by atoms with Crippen LogP contribution >= 0.6 is 23.4 Å². The average molecular weight is 334 g/mol. The van der Waals surface area contributed by atoms with Crippen LogP contribution in [-0.4, -0.2) is 32.5 Å². The number of hydrogen-bond donors (Lipinski definition) is 1. The van der Waals surface area contributed by atoms with Gasteiger partial charge in [0.25, 0.3) is 0 Å². The summed E-state index contributed by atoms with van der Waals surface area (Å²) in [6.07, 6.45) is 3.42. The van der Waals surface area contributed by atoms with Gasteiger partial charge in [-0.05, 0) is 31.2 Å². The summed E-state index contributed by atoms with van der Waals surface area (Å²) in [6, 6.07) is 11.1. The first-order valence-electron chi connectivity index (χ1n) is 7.01. The zero-order valence-corrected chi connectivity index (χ0v) is 13.7. The molecule has 1 saturated heterocycles. The Labute approximate surface area is 138 Å². The van der Waals surface area contributed by atoms with E-state index >= 15 is 0 Å². The number of aliphatic hydroxyl groups is 1. The van der Waals surface area contributed by atoms with E-state index in [9.17, 15) is 5.11 Å². The summed E-state index contributed by atoms with van der Waals surface area (Å²) in [4.78, 5) is 10.6. The van der Waals surface area contributed by atoms with Crippen LogP contribution in [0.4, 0.5) is 5.69 Å². The number of aliphatic imine (C=N–C) groups is 1. The van der Waals surface area contributed by atoms with Crippen molar-refractivity contribution in [2.45, 2.75) is 12.6 Å². The van der Waals surface area contributed by atoms with E-state index in [0.717, 1.165) is 16.4 Å². The van der Waals surface area contributed by atoms with E-state index in [4.69, 9.17) is 11.6 Å². The summed E-state index contributed by atoms with van der Waals surface area (Å²) in [7, 11) is 0. The quantitative estimate of drug-likeness (QED) is 0.931. The molecule has 2 aromatic rings. The van der Waals surface area contributed by atoms with Gasteiger partial charge in [-0.1, -0.05) is 35.5 Å². The highest BCUT2D eigenvalue weighted by Crippen LogP contribution is 2.39. The molecule has 1 unspecified atom stereocenters. The van der Waals surface area contributed by atoms with Crippen molar-refractivity contribution in [2.75, 3.05) is 12.3 Å². The van der Waals surface area contributed by atoms with E-state index in [0.29, 0.717) is 17.3 Å². The van der Waals surface area contributed by atoms with E-state index in [1.165, 1.54) is 0 Å². The van der Waals surface area contributed by atoms with Gasteiger partial charge in [0.05, 0.1) is 17.6 Å². The molecule has 3 rings (SSSR count). The Kier molecular flexibility index (Phi) is 4.38. The molecular formula is C16H16ClN3OS. The maximum Gasteiger partial charge on any atom is 0.175 e. The van der Waals surface area contributed by atoms with Gasteiger partial charge >= 0.3 is 0 Å². The number of hydrogen-bond acceptors (Lipinski definition) is 4. The average Bonchev–Trinajstić information content (AvgIpc) is 2.86. The van der Waals surface area contributed by atoms with E-state index in [1.807, 2.05) is 36.1 Å². The molecule has 1 atom stereocenters. The lowest BCUT2D eigenvalue weighted by molar-refractivity contribution is -0.0452. The van der Waals surface area contributed by atoms with Crippen molar-refractivity contribution in [2.24, 2.45) is 4.99 Å². The second kappa shape index (κ2) is 6.28. The number of pyridine rings is 1. The van der Waals surface area contributed by atoms with Gasteiger partial charge < -0.3 is 10.0 Å². The summed E-state index contributed by atoms with van der Waals surface area (Å²) in [6.45, 7) is 2.66. The Morgan fingerprint density at radius 3 is 2.77 bits per heavy atom. The van der Waals surface area contributed by atoms with E-state index in [-0.39, 0.29) is 0 Å². The predicted molar refractivity (Wildman–Crippen MR) is 91.5 cm³/mol. The van der Waals surface area contributed by atoms with Crippen molar-refractivity contribution in [3.05, 3.63) is 59.4 Å². The number of nitrogens with zero attached hydrogens (tertiary/aromatic N) is 3. The van der Waals surface area contributed by atoms with Crippen molar-refractivity contribution < 1.29 is 5.11 Å². The van der Waals surface area contributed by atoms with E-state index in [1.54, 1.807) is 36.3 Å². The van der Waals surface area contributed by atoms with Gasteiger partial charge in [0, 0.05) is 23.3 Å². The number of thioether (sulfide) groups is 1. The molecule has 0 saturated carbocycles. The zero-order valence-electron chi connectivity index (χ0n) is 12.1. The number of aromatic nitrogens is 1. The standard InChI is InChI=1S/C16H16ClN3OS/c1-2-20-15(19-14-4-3-9-18-10-14)22-11-16(20,21)12-5-7-13(17)8-6-12/h3-10,21H,2,11H2,1H3. The first kappa shape index (κ1) is 15.3. The maximum absolute atomic E-state index is 11.1. The van der Waals surface area contributed by atoms with Gasteiger partial charge in [-0.15, -0.1) is 0 Å². The van der Waals surface area contributed by atoms with Crippen molar-refractivity contribution in [1.29, 1.82) is 0 Å². The SMILES string of the molecule is CCN1C(=Nc2cccnc2)SCC1(O)c1ccc(Cl)cc1. The summed E-state index contributed by atoms with van der Waals surface area (Å²) < 4.78 is 0. The molecule has 22 heavy (non-hydrogen) atoms. The van der Waals surface area contributed by atoms with Crippen LogP contribution < -0.4 is 0 Å². The molecule has 2 heterocycles. The first-order valence-corrected chi connectivity index (χ1v) is 8.37. The lowest BCUT2D eigenvalue weighted by Gasteiger charge is -2.33. The normalized spacial score (nSPS) is 23.2. The van der Waals surface area contributed by atoms with Crippen LogP contribution in [0.3, 0.4) is 0 Å². The molecule has 4 nitrogen and oxygen atoms in total. The van der Waals surface area contributed by atoms with Crippen LogP contribution in [0.5, 0.6) is 0 Å². The fraction of sp³-hybridized carbons (Fsp3) is 0.250. The van der Waals surface area contributed by atoms with Crippen LogP contribution in [-0.2, 0) is 5.72 Å². The Morgan fingerprint density at radius 2 is 2.14 bits per heavy atom. The molecule has 1 N–H and O–H groups in total. The molecule has 0 amide bonds. The zero-order chi connectivity index (χ0) is 15.6. The highest BCUT2D eigenvalue weighted by Gasteiger charge is 2.43. The maximum atomic E-state index is 11.1. The summed E-state index contributed by atoms with van der Waals surface area (Å²) >= 11 is 7.48. The van der Waals surface area contributed by atoms with Crippen molar-refractivity contribution in [3.8, 4) is 0 Å². The third-order valence-corrected chi connectivity index (χ3v) is 4.94. The van der Waals surface area contributed by atoms with Gasteiger partial charge in [0.1, 0.15) is 0 Å². The molecule has 1 aromatic heterocycles. The predicted octanol–water partition coefficient (Wildman–Crippen LogP) is 3.64. The van der Waals surface area contributed by atoms with Gasteiger partial charge in [0.2, 0.25) is 0 Å². The molecule has 1 aliphatic heterocycles. The fourth-order valence-electron chi connectivity index (χ4n) is 2.46. The molecule has 0 bridgehead atoms. The van der Waals surface area contributed by atoms with Crippen LogP contribution in [0.2, 0.25) is 5.02 Å². The van der Waals surface area contributed by atoms with Crippen molar-refractivity contribution >= 4 is 34.2 Å². The molecule has 1 fully saturated rings. The van der Waals surface area contributed by atoms with E-state index < -0.39 is 5.72 Å². The second-order valence-electron chi connectivity index (χ2n) is 4.96. The Bertz CT molecular complexity index is 678. The highest BCUT2D eigenvalue weighted by atomic mass is 35.5. The van der Waals surface area contributed by atoms with Crippen LogP contribution in [0.15, 0.2) is 53.8 Å². The molecule has 1 aliphatic rings. The second-order valence-corrected chi connectivity index (χ2v) is 6.34. The highest BCUT2D eigenvalue weighted by molar-refractivity contribution is 8.14. The Hall–Kier alpha value is -1.56. The van der Waals surface area contributed by atoms with Gasteiger partial charge in [-0.3, -0.25) is 4.98 Å². The van der Waals surface area contributed by atoms with Gasteiger partial charge in [-0.25, -0.2) is 4.99 Å². The molecule has 0 spiro atoms. The number of amidine groups is 1. The minimum atomic E-state index is -1.06. The molecule has 0 radical (unpaired) electrons. The lowest BCUT2D eigenvalue weighted by atomic mass is 10.0. The van der Waals surface area contributed by atoms with Gasteiger partial charge in [-0.2, -0.15) is 0 Å². The number of benzene rings is 1. The fourth-order valence-corrected chi connectivity index (χ4v) is 3.84. The number of rotatable bonds is 3. The largest absolute Gasteiger partial charge is 0.366 e. The third kappa shape index (κ3) is 2.84. The minimum absolute atomic E-state index is 0.529. The third-order valence-electron chi connectivity index (χ3n) is 3.57. The monoisotopic (exact) mass is 333 g/mol. The van der Waals surface area contributed by atoms with Crippen LogP contribution in [0, 0.1) is 0 Å². The van der Waals surface area contributed by atoms with Crippen molar-refractivity contribution in [1.82, 2.24) is 9.88 Å². The molecule has 6 heteroatoms. The molecular weight excluding hydrogens is 318 g/mol. The molecule has 0 aliphatic carbocycles. The summed E-state index contributed by atoms with van der Waals surface area (Å²) in [5, 5.41) is 12.6. The molecule has 1 aromatic carbocycles. The first-order chi connectivity index (χ1) is 10.6. The van der Waals surface area contributed by atoms with E-state index in [2.05, 4.69) is 9.98 Å².